The van der Waals surface area contributed by atoms with Gasteiger partial charge < -0.3 is 5.11 Å². The molecule has 3 atom stereocenters. The van der Waals surface area contributed by atoms with Crippen LogP contribution < -0.4 is 0 Å². The Morgan fingerprint density at radius 2 is 2.21 bits per heavy atom. The molecule has 0 bridgehead atoms. The minimum Gasteiger partial charge on any atom is -0.480 e. The Balaban J connectivity index is 1.54. The number of rotatable bonds is 4. The quantitative estimate of drug-likeness (QED) is 0.923. The van der Waals surface area contributed by atoms with Crippen LogP contribution in [0.15, 0.2) is 24.5 Å². The lowest BCUT2D eigenvalue weighted by Crippen LogP contribution is -2.41. The van der Waals surface area contributed by atoms with Gasteiger partial charge in [-0.15, -0.1) is 11.3 Å². The fourth-order valence-corrected chi connectivity index (χ4v) is 5.36. The van der Waals surface area contributed by atoms with E-state index in [0.29, 0.717) is 12.0 Å². The molecule has 0 radical (unpaired) electrons. The Morgan fingerprint density at radius 1 is 1.38 bits per heavy atom. The topological polar surface area (TPSA) is 58.4 Å². The summed E-state index contributed by atoms with van der Waals surface area (Å²) in [6.07, 6.45) is 9.54. The van der Waals surface area contributed by atoms with Crippen LogP contribution in [0.2, 0.25) is 0 Å². The first-order valence-electron chi connectivity index (χ1n) is 8.68. The van der Waals surface area contributed by atoms with E-state index < -0.39 is 5.97 Å². The van der Waals surface area contributed by atoms with Gasteiger partial charge in [-0.3, -0.25) is 14.4 Å². The molecule has 0 spiro atoms. The SMILES string of the molecule is Cn1cc(-c2ccc(CN3C(C(=O)O)CC4CCCCC43)s2)cn1. The molecule has 0 aromatic carbocycles. The second-order valence-electron chi connectivity index (χ2n) is 7.04. The van der Waals surface area contributed by atoms with Crippen LogP contribution >= 0.6 is 11.3 Å². The largest absolute Gasteiger partial charge is 0.480 e. The molecule has 128 valence electrons. The first-order valence-corrected chi connectivity index (χ1v) is 9.50. The van der Waals surface area contributed by atoms with Gasteiger partial charge in [-0.25, -0.2) is 0 Å². The molecule has 2 aromatic rings. The Hall–Kier alpha value is -1.66. The van der Waals surface area contributed by atoms with E-state index in [4.69, 9.17) is 0 Å². The molecule has 2 aromatic heterocycles. The monoisotopic (exact) mass is 345 g/mol. The van der Waals surface area contributed by atoms with Gasteiger partial charge in [-0.1, -0.05) is 12.8 Å². The van der Waals surface area contributed by atoms with E-state index in [-0.39, 0.29) is 6.04 Å². The van der Waals surface area contributed by atoms with Crippen molar-refractivity contribution in [2.45, 2.75) is 50.7 Å². The van der Waals surface area contributed by atoms with Gasteiger partial charge in [0.25, 0.3) is 0 Å². The lowest BCUT2D eigenvalue weighted by atomic mass is 9.85. The second-order valence-corrected chi connectivity index (χ2v) is 8.21. The van der Waals surface area contributed by atoms with Crippen molar-refractivity contribution in [3.63, 3.8) is 0 Å². The molecule has 1 N–H and O–H groups in total. The van der Waals surface area contributed by atoms with Crippen molar-refractivity contribution in [1.29, 1.82) is 0 Å². The van der Waals surface area contributed by atoms with E-state index in [9.17, 15) is 9.90 Å². The zero-order valence-electron chi connectivity index (χ0n) is 13.9. The number of thiophene rings is 1. The fraction of sp³-hybridized carbons (Fsp3) is 0.556. The lowest BCUT2D eigenvalue weighted by molar-refractivity contribution is -0.142. The Kier molecular flexibility index (Phi) is 4.18. The highest BCUT2D eigenvalue weighted by Crippen LogP contribution is 2.41. The van der Waals surface area contributed by atoms with Crippen molar-refractivity contribution in [2.24, 2.45) is 13.0 Å². The number of aliphatic carboxylic acids is 1. The predicted octanol–water partition coefficient (Wildman–Crippen LogP) is 3.37. The number of carbonyl (C=O) groups is 1. The van der Waals surface area contributed by atoms with Crippen LogP contribution in [0.4, 0.5) is 0 Å². The Morgan fingerprint density at radius 3 is 2.96 bits per heavy atom. The summed E-state index contributed by atoms with van der Waals surface area (Å²) in [7, 11) is 1.92. The van der Waals surface area contributed by atoms with Crippen LogP contribution in [0.1, 0.15) is 37.0 Å². The molecule has 6 heteroatoms. The maximum Gasteiger partial charge on any atom is 0.320 e. The van der Waals surface area contributed by atoms with E-state index in [1.165, 1.54) is 29.0 Å². The summed E-state index contributed by atoms with van der Waals surface area (Å²) < 4.78 is 1.81. The van der Waals surface area contributed by atoms with Crippen LogP contribution in [-0.2, 0) is 18.4 Å². The highest BCUT2D eigenvalue weighted by Gasteiger charge is 2.45. The number of likely N-dealkylation sites (tertiary alicyclic amines) is 1. The number of hydrogen-bond acceptors (Lipinski definition) is 4. The first-order chi connectivity index (χ1) is 11.6. The minimum atomic E-state index is -0.659. The molecule has 2 aliphatic rings. The molecule has 0 amide bonds. The number of carboxylic acids is 1. The molecule has 3 heterocycles. The second kappa shape index (κ2) is 6.33. The molecule has 1 saturated carbocycles. The highest BCUT2D eigenvalue weighted by molar-refractivity contribution is 7.15. The van der Waals surface area contributed by atoms with Gasteiger partial charge in [0.05, 0.1) is 6.20 Å². The number of carboxylic acid groups (broad SMARTS) is 1. The average molecular weight is 345 g/mol. The third-order valence-electron chi connectivity index (χ3n) is 5.50. The van der Waals surface area contributed by atoms with Gasteiger partial charge in [0.1, 0.15) is 6.04 Å². The Bertz CT molecular complexity index is 738. The Labute approximate surface area is 145 Å². The summed E-state index contributed by atoms with van der Waals surface area (Å²) in [4.78, 5) is 16.4. The lowest BCUT2D eigenvalue weighted by Gasteiger charge is -2.32. The number of hydrogen-bond donors (Lipinski definition) is 1. The normalized spacial score (nSPS) is 27.3. The molecule has 5 nitrogen and oxygen atoms in total. The molecule has 1 aliphatic heterocycles. The zero-order valence-corrected chi connectivity index (χ0v) is 14.7. The number of nitrogens with zero attached hydrogens (tertiary/aromatic N) is 3. The fourth-order valence-electron chi connectivity index (χ4n) is 4.37. The summed E-state index contributed by atoms with van der Waals surface area (Å²) in [5.74, 6) is -0.0916. The molecule has 1 aliphatic carbocycles. The van der Waals surface area contributed by atoms with Crippen molar-refractivity contribution in [3.8, 4) is 10.4 Å². The van der Waals surface area contributed by atoms with Crippen LogP contribution in [0, 0.1) is 5.92 Å². The van der Waals surface area contributed by atoms with E-state index in [1.807, 2.05) is 24.1 Å². The molecule has 3 unspecified atom stereocenters. The molecule has 4 rings (SSSR count). The summed E-state index contributed by atoms with van der Waals surface area (Å²) in [5, 5.41) is 13.9. The van der Waals surface area contributed by atoms with Crippen molar-refractivity contribution in [1.82, 2.24) is 14.7 Å². The number of aromatic nitrogens is 2. The van der Waals surface area contributed by atoms with Crippen molar-refractivity contribution >= 4 is 17.3 Å². The molecular formula is C18H23N3O2S. The summed E-state index contributed by atoms with van der Waals surface area (Å²) in [6.45, 7) is 0.753. The van der Waals surface area contributed by atoms with Crippen molar-refractivity contribution < 1.29 is 9.90 Å². The maximum atomic E-state index is 11.7. The van der Waals surface area contributed by atoms with E-state index in [2.05, 4.69) is 22.1 Å². The van der Waals surface area contributed by atoms with Gasteiger partial charge >= 0.3 is 5.97 Å². The van der Waals surface area contributed by atoms with Crippen LogP contribution in [-0.4, -0.2) is 37.8 Å². The average Bonchev–Trinajstić information content (AvgIpc) is 3.27. The van der Waals surface area contributed by atoms with Gasteiger partial charge in [-0.2, -0.15) is 5.10 Å². The molecular weight excluding hydrogens is 322 g/mol. The summed E-state index contributed by atoms with van der Waals surface area (Å²) in [5.41, 5.74) is 1.13. The first kappa shape index (κ1) is 15.8. The zero-order chi connectivity index (χ0) is 16.7. The van der Waals surface area contributed by atoms with E-state index in [1.54, 1.807) is 11.3 Å². The van der Waals surface area contributed by atoms with Gasteiger partial charge in [0.15, 0.2) is 0 Å². The summed E-state index contributed by atoms with van der Waals surface area (Å²) in [6, 6.07) is 4.40. The number of aryl methyl sites for hydroxylation is 1. The van der Waals surface area contributed by atoms with Crippen LogP contribution in [0.3, 0.4) is 0 Å². The predicted molar refractivity (Wildman–Crippen MR) is 93.9 cm³/mol. The van der Waals surface area contributed by atoms with Crippen molar-refractivity contribution in [2.75, 3.05) is 0 Å². The molecule has 1 saturated heterocycles. The standard InChI is InChI=1S/C18H23N3O2S/c1-20-10-13(9-19-20)17-7-6-14(24-17)11-21-15-5-3-2-4-12(15)8-16(21)18(22)23/h6-7,9-10,12,15-16H,2-5,8,11H2,1H3,(H,22,23). The maximum absolute atomic E-state index is 11.7. The van der Waals surface area contributed by atoms with Gasteiger partial charge in [0, 0.05) is 41.1 Å². The summed E-state index contributed by atoms with van der Waals surface area (Å²) >= 11 is 1.75. The minimum absolute atomic E-state index is 0.318. The number of fused-ring (bicyclic) bond motifs is 1. The molecule has 24 heavy (non-hydrogen) atoms. The van der Waals surface area contributed by atoms with E-state index in [0.717, 1.165) is 24.9 Å². The smallest absolute Gasteiger partial charge is 0.320 e. The van der Waals surface area contributed by atoms with Crippen LogP contribution in [0.25, 0.3) is 10.4 Å². The van der Waals surface area contributed by atoms with Crippen molar-refractivity contribution in [3.05, 3.63) is 29.4 Å². The highest BCUT2D eigenvalue weighted by atomic mass is 32.1. The van der Waals surface area contributed by atoms with Gasteiger partial charge in [-0.05, 0) is 37.3 Å². The van der Waals surface area contributed by atoms with E-state index >= 15 is 0 Å². The van der Waals surface area contributed by atoms with Crippen LogP contribution in [0.5, 0.6) is 0 Å². The van der Waals surface area contributed by atoms with Gasteiger partial charge in [0.2, 0.25) is 0 Å². The molecule has 2 fully saturated rings. The third-order valence-corrected chi connectivity index (χ3v) is 6.61. The third kappa shape index (κ3) is 2.89.